The highest BCUT2D eigenvalue weighted by Gasteiger charge is 2.13. The lowest BCUT2D eigenvalue weighted by Gasteiger charge is -2.05. The predicted octanol–water partition coefficient (Wildman–Crippen LogP) is 2.78. The molecule has 0 spiro atoms. The SMILES string of the molecule is CCCC1=C(C)N=CC1C. The second-order valence-electron chi connectivity index (χ2n) is 2.93. The number of nitrogens with zero attached hydrogens (tertiary/aromatic N) is 1. The standard InChI is InChI=1S/C9H15N/c1-4-5-9-7(2)6-10-8(9)3/h6-7H,4-5H2,1-3H3. The molecular formula is C9H15N. The van der Waals surface area contributed by atoms with E-state index in [9.17, 15) is 0 Å². The first-order chi connectivity index (χ1) is 4.75. The van der Waals surface area contributed by atoms with E-state index in [0.717, 1.165) is 0 Å². The van der Waals surface area contributed by atoms with Crippen molar-refractivity contribution in [3.63, 3.8) is 0 Å². The smallest absolute Gasteiger partial charge is 0.0367 e. The van der Waals surface area contributed by atoms with Crippen molar-refractivity contribution in [2.24, 2.45) is 10.9 Å². The average molecular weight is 137 g/mol. The van der Waals surface area contributed by atoms with Crippen LogP contribution >= 0.6 is 0 Å². The van der Waals surface area contributed by atoms with E-state index in [1.807, 2.05) is 6.21 Å². The molecule has 1 heterocycles. The van der Waals surface area contributed by atoms with Gasteiger partial charge in [-0.25, -0.2) is 0 Å². The zero-order valence-electron chi connectivity index (χ0n) is 7.02. The van der Waals surface area contributed by atoms with Gasteiger partial charge >= 0.3 is 0 Å². The summed E-state index contributed by atoms with van der Waals surface area (Å²) in [6.45, 7) is 6.53. The largest absolute Gasteiger partial charge is 0.265 e. The summed E-state index contributed by atoms with van der Waals surface area (Å²) >= 11 is 0. The third-order valence-corrected chi connectivity index (χ3v) is 2.03. The van der Waals surface area contributed by atoms with Crippen LogP contribution in [0.4, 0.5) is 0 Å². The van der Waals surface area contributed by atoms with Gasteiger partial charge in [-0.05, 0) is 18.9 Å². The van der Waals surface area contributed by atoms with Crippen LogP contribution in [0.1, 0.15) is 33.6 Å². The van der Waals surface area contributed by atoms with Crippen LogP contribution in [0.3, 0.4) is 0 Å². The summed E-state index contributed by atoms with van der Waals surface area (Å²) in [5, 5.41) is 0. The zero-order chi connectivity index (χ0) is 7.56. The monoisotopic (exact) mass is 137 g/mol. The van der Waals surface area contributed by atoms with Crippen LogP contribution < -0.4 is 0 Å². The van der Waals surface area contributed by atoms with E-state index in [2.05, 4.69) is 25.8 Å². The Kier molecular flexibility index (Phi) is 2.25. The summed E-state index contributed by atoms with van der Waals surface area (Å²) in [7, 11) is 0. The quantitative estimate of drug-likeness (QED) is 0.555. The van der Waals surface area contributed by atoms with Gasteiger partial charge in [-0.1, -0.05) is 20.3 Å². The second kappa shape index (κ2) is 3.00. The van der Waals surface area contributed by atoms with Gasteiger partial charge in [0.2, 0.25) is 0 Å². The number of allylic oxidation sites excluding steroid dienone is 2. The number of rotatable bonds is 2. The first-order valence-electron chi connectivity index (χ1n) is 3.99. The van der Waals surface area contributed by atoms with E-state index in [0.29, 0.717) is 5.92 Å². The van der Waals surface area contributed by atoms with Crippen molar-refractivity contribution >= 4 is 6.21 Å². The molecule has 0 amide bonds. The van der Waals surface area contributed by atoms with Crippen molar-refractivity contribution in [3.8, 4) is 0 Å². The van der Waals surface area contributed by atoms with Crippen molar-refractivity contribution in [1.82, 2.24) is 0 Å². The minimum Gasteiger partial charge on any atom is -0.265 e. The van der Waals surface area contributed by atoms with Gasteiger partial charge in [0.15, 0.2) is 0 Å². The summed E-state index contributed by atoms with van der Waals surface area (Å²) in [4.78, 5) is 4.27. The van der Waals surface area contributed by atoms with Crippen molar-refractivity contribution in [3.05, 3.63) is 11.3 Å². The van der Waals surface area contributed by atoms with Crippen molar-refractivity contribution < 1.29 is 0 Å². The molecule has 1 rings (SSSR count). The number of aliphatic imine (C=N–C) groups is 1. The highest BCUT2D eigenvalue weighted by Crippen LogP contribution is 2.24. The van der Waals surface area contributed by atoms with Crippen LogP contribution in [0, 0.1) is 5.92 Å². The molecule has 0 saturated carbocycles. The van der Waals surface area contributed by atoms with E-state index in [1.54, 1.807) is 0 Å². The first-order valence-corrected chi connectivity index (χ1v) is 3.99. The fraction of sp³-hybridized carbons (Fsp3) is 0.667. The maximum Gasteiger partial charge on any atom is 0.0367 e. The molecule has 10 heavy (non-hydrogen) atoms. The van der Waals surface area contributed by atoms with Crippen molar-refractivity contribution in [2.45, 2.75) is 33.6 Å². The Bertz CT molecular complexity index is 177. The highest BCUT2D eigenvalue weighted by molar-refractivity contribution is 5.70. The molecule has 0 radical (unpaired) electrons. The Hall–Kier alpha value is -0.590. The number of hydrogen-bond acceptors (Lipinski definition) is 1. The summed E-state index contributed by atoms with van der Waals surface area (Å²) in [5.41, 5.74) is 2.77. The van der Waals surface area contributed by atoms with Crippen LogP contribution in [-0.2, 0) is 0 Å². The molecule has 0 bridgehead atoms. The molecule has 0 aromatic carbocycles. The van der Waals surface area contributed by atoms with Gasteiger partial charge in [0, 0.05) is 17.8 Å². The fourth-order valence-electron chi connectivity index (χ4n) is 1.40. The lowest BCUT2D eigenvalue weighted by Crippen LogP contribution is -1.96. The van der Waals surface area contributed by atoms with E-state index in [1.165, 1.54) is 24.1 Å². The van der Waals surface area contributed by atoms with Crippen molar-refractivity contribution in [2.75, 3.05) is 0 Å². The van der Waals surface area contributed by atoms with Gasteiger partial charge < -0.3 is 0 Å². The van der Waals surface area contributed by atoms with Crippen LogP contribution in [0.2, 0.25) is 0 Å². The van der Waals surface area contributed by atoms with Crippen LogP contribution in [0.25, 0.3) is 0 Å². The molecule has 0 saturated heterocycles. The Morgan fingerprint density at radius 3 is 2.70 bits per heavy atom. The summed E-state index contributed by atoms with van der Waals surface area (Å²) in [5.74, 6) is 0.597. The molecular weight excluding hydrogens is 122 g/mol. The molecule has 1 heteroatoms. The van der Waals surface area contributed by atoms with Crippen molar-refractivity contribution in [1.29, 1.82) is 0 Å². The molecule has 1 aliphatic heterocycles. The summed E-state index contributed by atoms with van der Waals surface area (Å²) < 4.78 is 0. The van der Waals surface area contributed by atoms with Gasteiger partial charge in [0.25, 0.3) is 0 Å². The Morgan fingerprint density at radius 1 is 1.60 bits per heavy atom. The maximum atomic E-state index is 4.27. The minimum absolute atomic E-state index is 0.597. The molecule has 0 aromatic heterocycles. The minimum atomic E-state index is 0.597. The predicted molar refractivity (Wildman–Crippen MR) is 45.3 cm³/mol. The van der Waals surface area contributed by atoms with Crippen LogP contribution in [0.15, 0.2) is 16.3 Å². The van der Waals surface area contributed by atoms with Gasteiger partial charge in [0.1, 0.15) is 0 Å². The normalized spacial score (nSPS) is 24.5. The van der Waals surface area contributed by atoms with E-state index >= 15 is 0 Å². The molecule has 0 aromatic rings. The number of hydrogen-bond donors (Lipinski definition) is 0. The third kappa shape index (κ3) is 1.28. The van der Waals surface area contributed by atoms with E-state index in [4.69, 9.17) is 0 Å². The lowest BCUT2D eigenvalue weighted by atomic mass is 9.99. The van der Waals surface area contributed by atoms with Crippen LogP contribution in [0.5, 0.6) is 0 Å². The van der Waals surface area contributed by atoms with Gasteiger partial charge in [-0.3, -0.25) is 4.99 Å². The Balaban J connectivity index is 2.65. The summed E-state index contributed by atoms with van der Waals surface area (Å²) in [6.07, 6.45) is 4.49. The van der Waals surface area contributed by atoms with E-state index in [-0.39, 0.29) is 0 Å². The molecule has 1 nitrogen and oxygen atoms in total. The molecule has 56 valence electrons. The Morgan fingerprint density at radius 2 is 2.30 bits per heavy atom. The van der Waals surface area contributed by atoms with Gasteiger partial charge in [0.05, 0.1) is 0 Å². The van der Waals surface area contributed by atoms with Crippen LogP contribution in [-0.4, -0.2) is 6.21 Å². The third-order valence-electron chi connectivity index (χ3n) is 2.03. The van der Waals surface area contributed by atoms with E-state index < -0.39 is 0 Å². The van der Waals surface area contributed by atoms with Gasteiger partial charge in [-0.2, -0.15) is 0 Å². The fourth-order valence-corrected chi connectivity index (χ4v) is 1.40. The highest BCUT2D eigenvalue weighted by atomic mass is 14.8. The molecule has 1 atom stereocenters. The lowest BCUT2D eigenvalue weighted by molar-refractivity contribution is 0.799. The Labute approximate surface area is 62.9 Å². The molecule has 1 aliphatic rings. The zero-order valence-corrected chi connectivity index (χ0v) is 7.02. The molecule has 0 aliphatic carbocycles. The average Bonchev–Trinajstić information content (AvgIpc) is 2.20. The molecule has 0 N–H and O–H groups in total. The topological polar surface area (TPSA) is 12.4 Å². The van der Waals surface area contributed by atoms with Gasteiger partial charge in [-0.15, -0.1) is 0 Å². The molecule has 0 fully saturated rings. The summed E-state index contributed by atoms with van der Waals surface area (Å²) in [6, 6.07) is 0. The second-order valence-corrected chi connectivity index (χ2v) is 2.93. The molecule has 1 unspecified atom stereocenters. The first kappa shape index (κ1) is 7.52. The maximum absolute atomic E-state index is 4.27.